The van der Waals surface area contributed by atoms with E-state index < -0.39 is 11.5 Å². The van der Waals surface area contributed by atoms with Crippen molar-refractivity contribution in [3.05, 3.63) is 34.9 Å². The summed E-state index contributed by atoms with van der Waals surface area (Å²) in [7, 11) is 0. The van der Waals surface area contributed by atoms with Crippen molar-refractivity contribution in [2.24, 2.45) is 0 Å². The van der Waals surface area contributed by atoms with Crippen LogP contribution in [-0.4, -0.2) is 22.5 Å². The van der Waals surface area contributed by atoms with Crippen LogP contribution in [0.1, 0.15) is 53.6 Å². The van der Waals surface area contributed by atoms with Crippen molar-refractivity contribution in [1.82, 2.24) is 5.32 Å². The molecule has 5 nitrogen and oxygen atoms in total. The maximum absolute atomic E-state index is 12.4. The van der Waals surface area contributed by atoms with Gasteiger partial charge in [0.2, 0.25) is 0 Å². The van der Waals surface area contributed by atoms with Gasteiger partial charge in [-0.2, -0.15) is 0 Å². The number of fused-ring (bicyclic) bond motifs is 1. The van der Waals surface area contributed by atoms with Crippen LogP contribution in [0.3, 0.4) is 0 Å². The Bertz CT molecular complexity index is 576. The Morgan fingerprint density at radius 2 is 1.81 bits per heavy atom. The SMILES string of the molecule is O=C(NC1(C(=O)O)CCCCC1)c1ccc2c(c1)COC2. The molecule has 3 rings (SSSR count). The van der Waals surface area contributed by atoms with Gasteiger partial charge in [0.15, 0.2) is 0 Å². The molecule has 2 N–H and O–H groups in total. The standard InChI is InChI=1S/C16H19NO4/c18-14(11-4-5-12-9-21-10-13(12)8-11)17-16(15(19)20)6-2-1-3-7-16/h4-5,8H,1-3,6-7,9-10H2,(H,17,18)(H,19,20). The van der Waals surface area contributed by atoms with Crippen LogP contribution in [0.25, 0.3) is 0 Å². The summed E-state index contributed by atoms with van der Waals surface area (Å²) in [6.45, 7) is 1.09. The van der Waals surface area contributed by atoms with E-state index in [-0.39, 0.29) is 5.91 Å². The number of carbonyl (C=O) groups is 2. The fourth-order valence-electron chi connectivity index (χ4n) is 3.15. The molecule has 1 aliphatic heterocycles. The molecule has 5 heteroatoms. The number of carboxylic acids is 1. The molecule has 1 saturated carbocycles. The molecule has 21 heavy (non-hydrogen) atoms. The maximum Gasteiger partial charge on any atom is 0.329 e. The van der Waals surface area contributed by atoms with Crippen molar-refractivity contribution in [3.63, 3.8) is 0 Å². The van der Waals surface area contributed by atoms with Gasteiger partial charge < -0.3 is 15.2 Å². The van der Waals surface area contributed by atoms with Crippen molar-refractivity contribution in [3.8, 4) is 0 Å². The van der Waals surface area contributed by atoms with Gasteiger partial charge >= 0.3 is 5.97 Å². The number of ether oxygens (including phenoxy) is 1. The minimum absolute atomic E-state index is 0.311. The van der Waals surface area contributed by atoms with Crippen LogP contribution in [-0.2, 0) is 22.7 Å². The van der Waals surface area contributed by atoms with Crippen LogP contribution >= 0.6 is 0 Å². The van der Waals surface area contributed by atoms with Gasteiger partial charge in [-0.05, 0) is 36.1 Å². The van der Waals surface area contributed by atoms with Gasteiger partial charge in [0.25, 0.3) is 5.91 Å². The second kappa shape index (κ2) is 5.48. The summed E-state index contributed by atoms with van der Waals surface area (Å²) in [4.78, 5) is 24.0. The first-order valence-corrected chi connectivity index (χ1v) is 7.36. The Balaban J connectivity index is 1.80. The van der Waals surface area contributed by atoms with Gasteiger partial charge in [-0.1, -0.05) is 25.3 Å². The van der Waals surface area contributed by atoms with Crippen LogP contribution in [0.4, 0.5) is 0 Å². The Labute approximate surface area is 123 Å². The lowest BCUT2D eigenvalue weighted by Gasteiger charge is -2.34. The molecule has 1 amide bonds. The van der Waals surface area contributed by atoms with E-state index in [0.29, 0.717) is 31.6 Å². The summed E-state index contributed by atoms with van der Waals surface area (Å²) in [5.41, 5.74) is 1.50. The third-order valence-electron chi connectivity index (χ3n) is 4.45. The number of benzene rings is 1. The molecule has 0 unspecified atom stereocenters. The van der Waals surface area contributed by atoms with E-state index in [9.17, 15) is 14.7 Å². The summed E-state index contributed by atoms with van der Waals surface area (Å²) in [5.74, 6) is -1.24. The number of carbonyl (C=O) groups excluding carboxylic acids is 1. The lowest BCUT2D eigenvalue weighted by Crippen LogP contribution is -2.55. The highest BCUT2D eigenvalue weighted by atomic mass is 16.5. The zero-order valence-electron chi connectivity index (χ0n) is 11.9. The van der Waals surface area contributed by atoms with Crippen molar-refractivity contribution in [2.45, 2.75) is 50.9 Å². The molecule has 1 fully saturated rings. The van der Waals surface area contributed by atoms with Crippen molar-refractivity contribution >= 4 is 11.9 Å². The van der Waals surface area contributed by atoms with Gasteiger partial charge in [0.05, 0.1) is 13.2 Å². The highest BCUT2D eigenvalue weighted by Gasteiger charge is 2.41. The minimum atomic E-state index is -1.11. The van der Waals surface area contributed by atoms with Crippen LogP contribution < -0.4 is 5.32 Å². The maximum atomic E-state index is 12.4. The van der Waals surface area contributed by atoms with E-state index in [2.05, 4.69) is 5.32 Å². The fourth-order valence-corrected chi connectivity index (χ4v) is 3.15. The van der Waals surface area contributed by atoms with Gasteiger partial charge in [-0.15, -0.1) is 0 Å². The second-order valence-corrected chi connectivity index (χ2v) is 5.88. The quantitative estimate of drug-likeness (QED) is 0.894. The average Bonchev–Trinajstić information content (AvgIpc) is 2.95. The minimum Gasteiger partial charge on any atom is -0.480 e. The number of hydrogen-bond acceptors (Lipinski definition) is 3. The number of nitrogens with one attached hydrogen (secondary N) is 1. The smallest absolute Gasteiger partial charge is 0.329 e. The Hall–Kier alpha value is -1.88. The largest absolute Gasteiger partial charge is 0.480 e. The van der Waals surface area contributed by atoms with Crippen LogP contribution in [0.5, 0.6) is 0 Å². The third kappa shape index (κ3) is 2.65. The first kappa shape index (κ1) is 14.1. The molecule has 0 bridgehead atoms. The number of amides is 1. The summed E-state index contributed by atoms with van der Waals surface area (Å²) >= 11 is 0. The molecule has 112 valence electrons. The molecule has 0 atom stereocenters. The van der Waals surface area contributed by atoms with E-state index >= 15 is 0 Å². The topological polar surface area (TPSA) is 75.6 Å². The van der Waals surface area contributed by atoms with Crippen molar-refractivity contribution in [2.75, 3.05) is 0 Å². The number of carboxylic acid groups (broad SMARTS) is 1. The molecule has 0 spiro atoms. The van der Waals surface area contributed by atoms with Gasteiger partial charge in [0.1, 0.15) is 5.54 Å². The summed E-state index contributed by atoms with van der Waals surface area (Å²) in [6, 6.07) is 5.42. The molecule has 2 aliphatic rings. The van der Waals surface area contributed by atoms with Crippen LogP contribution in [0, 0.1) is 0 Å². The zero-order chi connectivity index (χ0) is 14.9. The summed E-state index contributed by atoms with van der Waals surface area (Å²) < 4.78 is 5.33. The molecule has 0 radical (unpaired) electrons. The predicted octanol–water partition coefficient (Wildman–Crippen LogP) is 2.23. The number of aliphatic carboxylic acids is 1. The average molecular weight is 289 g/mol. The molecule has 0 saturated heterocycles. The van der Waals surface area contributed by atoms with E-state index in [0.717, 1.165) is 30.4 Å². The lowest BCUT2D eigenvalue weighted by molar-refractivity contribution is -0.145. The number of hydrogen-bond donors (Lipinski definition) is 2. The van der Waals surface area contributed by atoms with E-state index in [1.54, 1.807) is 12.1 Å². The van der Waals surface area contributed by atoms with Gasteiger partial charge in [-0.3, -0.25) is 4.79 Å². The van der Waals surface area contributed by atoms with Crippen molar-refractivity contribution < 1.29 is 19.4 Å². The zero-order valence-corrected chi connectivity index (χ0v) is 11.9. The Morgan fingerprint density at radius 1 is 1.10 bits per heavy atom. The molecule has 1 aromatic rings. The second-order valence-electron chi connectivity index (χ2n) is 5.88. The predicted molar refractivity (Wildman–Crippen MR) is 75.9 cm³/mol. The number of rotatable bonds is 3. The van der Waals surface area contributed by atoms with Crippen molar-refractivity contribution in [1.29, 1.82) is 0 Å². The molecule has 1 heterocycles. The summed E-state index contributed by atoms with van der Waals surface area (Å²) in [6.07, 6.45) is 3.71. The molecule has 1 aromatic carbocycles. The van der Waals surface area contributed by atoms with Crippen LogP contribution in [0.15, 0.2) is 18.2 Å². The molecular formula is C16H19NO4. The monoisotopic (exact) mass is 289 g/mol. The normalized spacial score (nSPS) is 19.8. The van der Waals surface area contributed by atoms with Gasteiger partial charge in [-0.25, -0.2) is 4.79 Å². The van der Waals surface area contributed by atoms with E-state index in [4.69, 9.17) is 4.74 Å². The molecular weight excluding hydrogens is 270 g/mol. The Morgan fingerprint density at radius 3 is 2.52 bits per heavy atom. The fraction of sp³-hybridized carbons (Fsp3) is 0.500. The Kier molecular flexibility index (Phi) is 3.68. The van der Waals surface area contributed by atoms with Gasteiger partial charge in [0, 0.05) is 5.56 Å². The van der Waals surface area contributed by atoms with E-state index in [1.165, 1.54) is 0 Å². The summed E-state index contributed by atoms with van der Waals surface area (Å²) in [5, 5.41) is 12.3. The highest BCUT2D eigenvalue weighted by Crippen LogP contribution is 2.29. The molecule has 0 aromatic heterocycles. The highest BCUT2D eigenvalue weighted by molar-refractivity contribution is 5.98. The molecule has 1 aliphatic carbocycles. The third-order valence-corrected chi connectivity index (χ3v) is 4.45. The van der Waals surface area contributed by atoms with Crippen LogP contribution in [0.2, 0.25) is 0 Å². The first-order chi connectivity index (χ1) is 10.1. The first-order valence-electron chi connectivity index (χ1n) is 7.36. The lowest BCUT2D eigenvalue weighted by atomic mass is 9.81. The van der Waals surface area contributed by atoms with E-state index in [1.807, 2.05) is 6.07 Å².